The average Bonchev–Trinajstić information content (AvgIpc) is 3.23. The van der Waals surface area contributed by atoms with Crippen LogP contribution in [0.3, 0.4) is 0 Å². The largest absolute Gasteiger partial charge is 0.493 e. The topological polar surface area (TPSA) is 77.1 Å². The third kappa shape index (κ3) is 4.96. The van der Waals surface area contributed by atoms with Crippen LogP contribution < -0.4 is 14.8 Å². The van der Waals surface area contributed by atoms with E-state index in [0.29, 0.717) is 11.3 Å². The summed E-state index contributed by atoms with van der Waals surface area (Å²) in [5.74, 6) is -0.705. The standard InChI is InChI=1S/C21H22F2N2O5S/c1-4-29-19(26)17-12(2)25(11-14-6-5-9-31-14)21(27)24-18(17)13-7-8-15(28-3)16(10-13)30-20(22)23/h5-10,18,20H,4,11H2,1-3H3,(H,24,27). The van der Waals surface area contributed by atoms with Crippen LogP contribution in [0.25, 0.3) is 0 Å². The Hall–Kier alpha value is -3.14. The highest BCUT2D eigenvalue weighted by Crippen LogP contribution is 2.37. The molecule has 0 radical (unpaired) electrons. The van der Waals surface area contributed by atoms with Gasteiger partial charge in [0, 0.05) is 10.6 Å². The third-order valence-corrected chi connectivity index (χ3v) is 5.58. The van der Waals surface area contributed by atoms with Crippen molar-refractivity contribution in [2.45, 2.75) is 33.0 Å². The first kappa shape index (κ1) is 22.5. The van der Waals surface area contributed by atoms with Crippen LogP contribution in [0.4, 0.5) is 13.6 Å². The Kier molecular flexibility index (Phi) is 7.11. The van der Waals surface area contributed by atoms with Crippen LogP contribution in [-0.2, 0) is 16.1 Å². The quantitative estimate of drug-likeness (QED) is 0.599. The maximum atomic E-state index is 12.9. The smallest absolute Gasteiger partial charge is 0.387 e. The number of alkyl halides is 2. The SMILES string of the molecule is CCOC(=O)C1=C(C)N(Cc2cccs2)C(=O)NC1c1ccc(OC)c(OC(F)F)c1. The van der Waals surface area contributed by atoms with E-state index in [1.807, 2.05) is 17.5 Å². The first-order chi connectivity index (χ1) is 14.8. The number of allylic oxidation sites excluding steroid dienone is 1. The number of urea groups is 1. The van der Waals surface area contributed by atoms with Crippen molar-refractivity contribution >= 4 is 23.3 Å². The van der Waals surface area contributed by atoms with Crippen molar-refractivity contribution in [3.8, 4) is 11.5 Å². The summed E-state index contributed by atoms with van der Waals surface area (Å²) in [7, 11) is 1.33. The Morgan fingerprint density at radius 2 is 2.06 bits per heavy atom. The molecule has 2 aromatic rings. The van der Waals surface area contributed by atoms with E-state index in [-0.39, 0.29) is 30.2 Å². The van der Waals surface area contributed by atoms with Crippen LogP contribution >= 0.6 is 11.3 Å². The highest BCUT2D eigenvalue weighted by molar-refractivity contribution is 7.09. The van der Waals surface area contributed by atoms with Gasteiger partial charge in [-0.05, 0) is 43.0 Å². The number of carbonyl (C=O) groups excluding carboxylic acids is 2. The minimum atomic E-state index is -3.06. The zero-order valence-corrected chi connectivity index (χ0v) is 18.0. The Morgan fingerprint density at radius 1 is 1.29 bits per heavy atom. The summed E-state index contributed by atoms with van der Waals surface area (Å²) >= 11 is 1.49. The molecule has 3 rings (SSSR count). The maximum absolute atomic E-state index is 12.9. The number of ether oxygens (including phenoxy) is 3. The molecule has 0 spiro atoms. The first-order valence-corrected chi connectivity index (χ1v) is 10.3. The van der Waals surface area contributed by atoms with Gasteiger partial charge in [0.2, 0.25) is 0 Å². The Bertz CT molecular complexity index is 978. The number of amides is 2. The van der Waals surface area contributed by atoms with Crippen molar-refractivity contribution in [3.63, 3.8) is 0 Å². The summed E-state index contributed by atoms with van der Waals surface area (Å²) in [6.07, 6.45) is 0. The van der Waals surface area contributed by atoms with Gasteiger partial charge in [-0.2, -0.15) is 8.78 Å². The van der Waals surface area contributed by atoms with Crippen LogP contribution in [0.2, 0.25) is 0 Å². The van der Waals surface area contributed by atoms with Crippen molar-refractivity contribution in [3.05, 3.63) is 57.4 Å². The van der Waals surface area contributed by atoms with Crippen molar-refractivity contribution in [2.75, 3.05) is 13.7 Å². The van der Waals surface area contributed by atoms with Gasteiger partial charge < -0.3 is 19.5 Å². The van der Waals surface area contributed by atoms with Gasteiger partial charge in [0.05, 0.1) is 31.9 Å². The average molecular weight is 452 g/mol. The molecule has 1 unspecified atom stereocenters. The fourth-order valence-electron chi connectivity index (χ4n) is 3.31. The molecule has 7 nitrogen and oxygen atoms in total. The molecular weight excluding hydrogens is 430 g/mol. The summed E-state index contributed by atoms with van der Waals surface area (Å²) in [5.41, 5.74) is 1.02. The predicted octanol–water partition coefficient (Wildman–Crippen LogP) is 4.46. The van der Waals surface area contributed by atoms with Gasteiger partial charge in [-0.3, -0.25) is 4.90 Å². The lowest BCUT2D eigenvalue weighted by molar-refractivity contribution is -0.139. The second-order valence-electron chi connectivity index (χ2n) is 6.56. The zero-order valence-electron chi connectivity index (χ0n) is 17.2. The summed E-state index contributed by atoms with van der Waals surface area (Å²) in [6.45, 7) is 0.700. The van der Waals surface area contributed by atoms with Crippen molar-refractivity contribution in [1.29, 1.82) is 0 Å². The molecule has 166 valence electrons. The number of benzene rings is 1. The Labute approximate surface area is 182 Å². The van der Waals surface area contributed by atoms with Gasteiger partial charge in [-0.25, -0.2) is 9.59 Å². The van der Waals surface area contributed by atoms with Gasteiger partial charge in [0.15, 0.2) is 11.5 Å². The number of carbonyl (C=O) groups is 2. The van der Waals surface area contributed by atoms with Gasteiger partial charge in [-0.15, -0.1) is 11.3 Å². The molecule has 10 heteroatoms. The number of nitrogens with zero attached hydrogens (tertiary/aromatic N) is 1. The monoisotopic (exact) mass is 452 g/mol. The van der Waals surface area contributed by atoms with E-state index in [4.69, 9.17) is 9.47 Å². The minimum Gasteiger partial charge on any atom is -0.493 e. The molecular formula is C21H22F2N2O5S. The molecule has 0 aliphatic carbocycles. The number of hydrogen-bond acceptors (Lipinski definition) is 6. The summed E-state index contributed by atoms with van der Waals surface area (Å²) < 4.78 is 40.5. The highest BCUT2D eigenvalue weighted by Gasteiger charge is 2.37. The normalized spacial score (nSPS) is 16.4. The number of methoxy groups -OCH3 is 1. The number of rotatable bonds is 8. The second-order valence-corrected chi connectivity index (χ2v) is 7.59. The zero-order chi connectivity index (χ0) is 22.5. The van der Waals surface area contributed by atoms with E-state index >= 15 is 0 Å². The van der Waals surface area contributed by atoms with Crippen molar-refractivity contribution in [1.82, 2.24) is 10.2 Å². The summed E-state index contributed by atoms with van der Waals surface area (Å²) in [6, 6.07) is 6.76. The maximum Gasteiger partial charge on any atom is 0.387 e. The van der Waals surface area contributed by atoms with E-state index in [2.05, 4.69) is 10.1 Å². The fourth-order valence-corrected chi connectivity index (χ4v) is 4.01. The molecule has 1 aliphatic rings. The molecule has 0 bridgehead atoms. The van der Waals surface area contributed by atoms with Crippen LogP contribution in [0.15, 0.2) is 47.0 Å². The van der Waals surface area contributed by atoms with E-state index in [1.54, 1.807) is 19.9 Å². The number of thiophene rings is 1. The lowest BCUT2D eigenvalue weighted by Gasteiger charge is -2.35. The van der Waals surface area contributed by atoms with Gasteiger partial charge in [0.1, 0.15) is 0 Å². The van der Waals surface area contributed by atoms with Crippen molar-refractivity contribution < 1.29 is 32.6 Å². The van der Waals surface area contributed by atoms with Crippen molar-refractivity contribution in [2.24, 2.45) is 0 Å². The molecule has 1 N–H and O–H groups in total. The Balaban J connectivity index is 2.05. The molecule has 1 aliphatic heterocycles. The molecule has 0 fully saturated rings. The van der Waals surface area contributed by atoms with Crippen LogP contribution in [-0.4, -0.2) is 37.2 Å². The molecule has 2 amide bonds. The van der Waals surface area contributed by atoms with E-state index < -0.39 is 24.7 Å². The number of halogens is 2. The van der Waals surface area contributed by atoms with E-state index in [1.165, 1.54) is 35.5 Å². The highest BCUT2D eigenvalue weighted by atomic mass is 32.1. The fraction of sp³-hybridized carbons (Fsp3) is 0.333. The summed E-state index contributed by atoms with van der Waals surface area (Å²) in [4.78, 5) is 28.1. The molecule has 1 aromatic carbocycles. The number of nitrogens with one attached hydrogen (secondary N) is 1. The second kappa shape index (κ2) is 9.78. The van der Waals surface area contributed by atoms with E-state index in [9.17, 15) is 18.4 Å². The Morgan fingerprint density at radius 3 is 2.68 bits per heavy atom. The van der Waals surface area contributed by atoms with Gasteiger partial charge >= 0.3 is 18.6 Å². The first-order valence-electron chi connectivity index (χ1n) is 9.46. The molecule has 0 saturated carbocycles. The third-order valence-electron chi connectivity index (χ3n) is 4.72. The molecule has 2 heterocycles. The molecule has 0 saturated heterocycles. The van der Waals surface area contributed by atoms with Crippen LogP contribution in [0.1, 0.15) is 30.3 Å². The predicted molar refractivity (Wildman–Crippen MR) is 110 cm³/mol. The van der Waals surface area contributed by atoms with Gasteiger partial charge in [0.25, 0.3) is 0 Å². The minimum absolute atomic E-state index is 0.101. The molecule has 1 aromatic heterocycles. The molecule has 31 heavy (non-hydrogen) atoms. The lowest BCUT2D eigenvalue weighted by atomic mass is 9.94. The van der Waals surface area contributed by atoms with Crippen LogP contribution in [0.5, 0.6) is 11.5 Å². The molecule has 1 atom stereocenters. The lowest BCUT2D eigenvalue weighted by Crippen LogP contribution is -2.47. The van der Waals surface area contributed by atoms with Gasteiger partial charge in [-0.1, -0.05) is 12.1 Å². The number of esters is 1. The summed E-state index contributed by atoms with van der Waals surface area (Å²) in [5, 5.41) is 4.68. The number of hydrogen-bond donors (Lipinski definition) is 1. The van der Waals surface area contributed by atoms with E-state index in [0.717, 1.165) is 4.88 Å². The van der Waals surface area contributed by atoms with Crippen LogP contribution in [0, 0.1) is 0 Å².